The number of halogens is 1. The van der Waals surface area contributed by atoms with E-state index in [1.165, 1.54) is 6.07 Å². The van der Waals surface area contributed by atoms with Crippen molar-refractivity contribution in [1.29, 1.82) is 0 Å². The topological polar surface area (TPSA) is 40.5 Å². The van der Waals surface area contributed by atoms with Crippen LogP contribution in [0.25, 0.3) is 0 Å². The summed E-state index contributed by atoms with van der Waals surface area (Å²) in [5, 5.41) is 19.2. The van der Waals surface area contributed by atoms with Crippen LogP contribution in [0.2, 0.25) is 0 Å². The van der Waals surface area contributed by atoms with Gasteiger partial charge in [0.05, 0.1) is 13.2 Å². The van der Waals surface area contributed by atoms with Crippen molar-refractivity contribution in [1.82, 2.24) is 0 Å². The van der Waals surface area contributed by atoms with Crippen LogP contribution in [-0.2, 0) is 5.41 Å². The van der Waals surface area contributed by atoms with Crippen LogP contribution in [0.15, 0.2) is 24.3 Å². The minimum absolute atomic E-state index is 0.234. The van der Waals surface area contributed by atoms with E-state index in [4.69, 9.17) is 0 Å². The molecule has 0 amide bonds. The van der Waals surface area contributed by atoms with E-state index in [9.17, 15) is 14.6 Å². The molecule has 0 heterocycles. The lowest BCUT2D eigenvalue weighted by Crippen LogP contribution is -2.36. The van der Waals surface area contributed by atoms with Gasteiger partial charge in [0.1, 0.15) is 5.82 Å². The Bertz CT molecular complexity index is 359. The molecule has 0 saturated heterocycles. The monoisotopic (exact) mass is 254 g/mol. The highest BCUT2D eigenvalue weighted by molar-refractivity contribution is 5.27. The highest BCUT2D eigenvalue weighted by atomic mass is 19.1. The largest absolute Gasteiger partial charge is 0.395 e. The smallest absolute Gasteiger partial charge is 0.127 e. The number of hydrogen-bond acceptors (Lipinski definition) is 2. The van der Waals surface area contributed by atoms with Gasteiger partial charge in [-0.3, -0.25) is 0 Å². The molecule has 0 fully saturated rings. The van der Waals surface area contributed by atoms with Crippen molar-refractivity contribution >= 4 is 0 Å². The molecule has 0 unspecified atom stereocenters. The summed E-state index contributed by atoms with van der Waals surface area (Å²) in [5.41, 5.74) is -0.445. The fourth-order valence-corrected chi connectivity index (χ4v) is 2.25. The van der Waals surface area contributed by atoms with Crippen molar-refractivity contribution in [3.05, 3.63) is 35.6 Å². The minimum Gasteiger partial charge on any atom is -0.395 e. The van der Waals surface area contributed by atoms with Crippen molar-refractivity contribution in [2.45, 2.75) is 38.5 Å². The van der Waals surface area contributed by atoms with E-state index in [-0.39, 0.29) is 19.0 Å². The van der Waals surface area contributed by atoms with Gasteiger partial charge in [0.25, 0.3) is 0 Å². The zero-order valence-corrected chi connectivity index (χ0v) is 11.2. The van der Waals surface area contributed by atoms with E-state index in [0.29, 0.717) is 17.9 Å². The molecule has 0 saturated carbocycles. The number of aliphatic hydroxyl groups excluding tert-OH is 2. The first-order valence-electron chi connectivity index (χ1n) is 6.52. The minimum atomic E-state index is -0.861. The third-order valence-corrected chi connectivity index (χ3v) is 3.49. The predicted molar refractivity (Wildman–Crippen MR) is 70.9 cm³/mol. The quantitative estimate of drug-likeness (QED) is 0.785. The van der Waals surface area contributed by atoms with E-state index >= 15 is 0 Å². The molecule has 3 heteroatoms. The second kappa shape index (κ2) is 6.86. The number of benzene rings is 1. The highest BCUT2D eigenvalue weighted by Gasteiger charge is 2.32. The van der Waals surface area contributed by atoms with Crippen LogP contribution < -0.4 is 0 Å². The Balaban J connectivity index is 2.89. The molecule has 0 radical (unpaired) electrons. The third-order valence-electron chi connectivity index (χ3n) is 3.49. The molecular formula is C15H23FO2. The first kappa shape index (κ1) is 15.1. The molecule has 0 aromatic heterocycles. The SMILES string of the molecule is CC(C)CCCC(CO)(CO)c1ccccc1F. The highest BCUT2D eigenvalue weighted by Crippen LogP contribution is 2.31. The van der Waals surface area contributed by atoms with Crippen LogP contribution in [0.3, 0.4) is 0 Å². The van der Waals surface area contributed by atoms with Crippen LogP contribution in [-0.4, -0.2) is 23.4 Å². The van der Waals surface area contributed by atoms with Crippen LogP contribution in [0, 0.1) is 11.7 Å². The molecule has 0 spiro atoms. The van der Waals surface area contributed by atoms with Gasteiger partial charge in [0.15, 0.2) is 0 Å². The van der Waals surface area contributed by atoms with Gasteiger partial charge in [-0.15, -0.1) is 0 Å². The lowest BCUT2D eigenvalue weighted by molar-refractivity contribution is 0.103. The standard InChI is InChI=1S/C15H23FO2/c1-12(2)6-5-9-15(10-17,11-18)13-7-3-4-8-14(13)16/h3-4,7-8,12,17-18H,5-6,9-11H2,1-2H3. The van der Waals surface area contributed by atoms with E-state index in [1.54, 1.807) is 18.2 Å². The van der Waals surface area contributed by atoms with E-state index in [1.807, 2.05) is 0 Å². The molecule has 2 nitrogen and oxygen atoms in total. The van der Waals surface area contributed by atoms with Crippen LogP contribution in [0.1, 0.15) is 38.7 Å². The Morgan fingerprint density at radius 3 is 2.28 bits per heavy atom. The third kappa shape index (κ3) is 3.53. The number of rotatable bonds is 7. The van der Waals surface area contributed by atoms with E-state index in [2.05, 4.69) is 13.8 Å². The van der Waals surface area contributed by atoms with Gasteiger partial charge < -0.3 is 10.2 Å². The normalized spacial score (nSPS) is 12.1. The second-order valence-corrected chi connectivity index (χ2v) is 5.36. The van der Waals surface area contributed by atoms with Gasteiger partial charge >= 0.3 is 0 Å². The van der Waals surface area contributed by atoms with Gasteiger partial charge in [-0.1, -0.05) is 44.9 Å². The lowest BCUT2D eigenvalue weighted by Gasteiger charge is -2.31. The zero-order chi connectivity index (χ0) is 13.6. The van der Waals surface area contributed by atoms with Crippen LogP contribution in [0.4, 0.5) is 4.39 Å². The molecule has 1 aromatic carbocycles. The van der Waals surface area contributed by atoms with Gasteiger partial charge in [-0.2, -0.15) is 0 Å². The van der Waals surface area contributed by atoms with Crippen molar-refractivity contribution in [3.63, 3.8) is 0 Å². The fraction of sp³-hybridized carbons (Fsp3) is 0.600. The zero-order valence-electron chi connectivity index (χ0n) is 11.2. The Morgan fingerprint density at radius 1 is 1.17 bits per heavy atom. The van der Waals surface area contributed by atoms with Crippen molar-refractivity contribution in [2.75, 3.05) is 13.2 Å². The molecule has 2 N–H and O–H groups in total. The molecule has 1 rings (SSSR count). The van der Waals surface area contributed by atoms with Crippen molar-refractivity contribution in [3.8, 4) is 0 Å². The maximum absolute atomic E-state index is 13.8. The maximum Gasteiger partial charge on any atom is 0.127 e. The van der Waals surface area contributed by atoms with Gasteiger partial charge in [-0.05, 0) is 24.0 Å². The summed E-state index contributed by atoms with van der Waals surface area (Å²) in [6, 6.07) is 6.38. The predicted octanol–water partition coefficient (Wildman–Crippen LogP) is 2.87. The van der Waals surface area contributed by atoms with E-state index < -0.39 is 5.41 Å². The molecule has 0 aliphatic heterocycles. The molecule has 0 aliphatic rings. The van der Waals surface area contributed by atoms with Gasteiger partial charge in [0, 0.05) is 5.41 Å². The van der Waals surface area contributed by atoms with Gasteiger partial charge in [-0.25, -0.2) is 4.39 Å². The molecule has 102 valence electrons. The number of aliphatic hydroxyl groups is 2. The van der Waals surface area contributed by atoms with Crippen molar-refractivity contribution < 1.29 is 14.6 Å². The van der Waals surface area contributed by atoms with Crippen LogP contribution in [0.5, 0.6) is 0 Å². The first-order chi connectivity index (χ1) is 8.55. The summed E-state index contributed by atoms with van der Waals surface area (Å²) >= 11 is 0. The average molecular weight is 254 g/mol. The molecule has 0 bridgehead atoms. The van der Waals surface area contributed by atoms with Gasteiger partial charge in [0.2, 0.25) is 0 Å². The summed E-state index contributed by atoms with van der Waals surface area (Å²) in [7, 11) is 0. The molecule has 1 aromatic rings. The summed E-state index contributed by atoms with van der Waals surface area (Å²) in [5.74, 6) is 0.214. The molecule has 0 aliphatic carbocycles. The molecule has 18 heavy (non-hydrogen) atoms. The Kier molecular flexibility index (Phi) is 5.76. The summed E-state index contributed by atoms with van der Waals surface area (Å²) in [6.45, 7) is 3.79. The van der Waals surface area contributed by atoms with Crippen LogP contribution >= 0.6 is 0 Å². The van der Waals surface area contributed by atoms with E-state index in [0.717, 1.165) is 12.8 Å². The molecular weight excluding hydrogens is 231 g/mol. The Labute approximate surface area is 108 Å². The summed E-state index contributed by atoms with van der Waals surface area (Å²) in [4.78, 5) is 0. The first-order valence-corrected chi connectivity index (χ1v) is 6.52. The van der Waals surface area contributed by atoms with Crippen molar-refractivity contribution in [2.24, 2.45) is 5.92 Å². The summed E-state index contributed by atoms with van der Waals surface area (Å²) in [6.07, 6.45) is 2.47. The average Bonchev–Trinajstić information content (AvgIpc) is 2.36. The summed E-state index contributed by atoms with van der Waals surface area (Å²) < 4.78 is 13.8. The lowest BCUT2D eigenvalue weighted by atomic mass is 9.77. The molecule has 0 atom stereocenters. The Hall–Kier alpha value is -0.930. The Morgan fingerprint density at radius 2 is 1.78 bits per heavy atom. The second-order valence-electron chi connectivity index (χ2n) is 5.36. The maximum atomic E-state index is 13.8. The fourth-order valence-electron chi connectivity index (χ4n) is 2.25. The number of hydrogen-bond donors (Lipinski definition) is 2.